The Morgan fingerprint density at radius 2 is 2.07 bits per heavy atom. The van der Waals surface area contributed by atoms with Crippen LogP contribution < -0.4 is 5.32 Å². The minimum Gasteiger partial charge on any atom is -0.380 e. The van der Waals surface area contributed by atoms with E-state index in [1.54, 1.807) is 7.11 Å². The van der Waals surface area contributed by atoms with Crippen LogP contribution in [-0.4, -0.2) is 27.8 Å². The van der Waals surface area contributed by atoms with E-state index in [1.807, 2.05) is 60.0 Å². The van der Waals surface area contributed by atoms with Gasteiger partial charge in [-0.2, -0.15) is 5.10 Å². The minimum absolute atomic E-state index is 0.0807. The number of methoxy groups -OCH3 is 1. The van der Waals surface area contributed by atoms with E-state index in [-0.39, 0.29) is 5.91 Å². The Bertz CT molecular complexity index is 993. The zero-order chi connectivity index (χ0) is 19.2. The molecule has 1 amide bonds. The third-order valence-corrected chi connectivity index (χ3v) is 4.43. The van der Waals surface area contributed by atoms with E-state index in [2.05, 4.69) is 15.5 Å². The monoisotopic (exact) mass is 382 g/mol. The molecule has 3 aromatic rings. The van der Waals surface area contributed by atoms with Crippen molar-refractivity contribution in [2.75, 3.05) is 12.4 Å². The standard InChI is InChI=1S/C20H22N4O2S/c1-14-5-3-7-16(11-14)19-22-23-20(27)24(19)10-9-18(25)21-17-8-4-6-15(12-17)13-26-2/h3-8,11-12H,9-10,13H2,1-2H3,(H,21,25)(H,23,27). The third kappa shape index (κ3) is 4.90. The minimum atomic E-state index is -0.0807. The van der Waals surface area contributed by atoms with Gasteiger partial charge < -0.3 is 10.1 Å². The van der Waals surface area contributed by atoms with Crippen molar-refractivity contribution in [3.63, 3.8) is 0 Å². The number of amides is 1. The van der Waals surface area contributed by atoms with Crippen LogP contribution in [-0.2, 0) is 22.7 Å². The largest absolute Gasteiger partial charge is 0.380 e. The number of ether oxygens (including phenoxy) is 1. The van der Waals surface area contributed by atoms with Gasteiger partial charge >= 0.3 is 0 Å². The van der Waals surface area contributed by atoms with Gasteiger partial charge in [0.25, 0.3) is 0 Å². The molecule has 6 nitrogen and oxygen atoms in total. The summed E-state index contributed by atoms with van der Waals surface area (Å²) in [6.07, 6.45) is 0.293. The Morgan fingerprint density at radius 3 is 2.85 bits per heavy atom. The highest BCUT2D eigenvalue weighted by Gasteiger charge is 2.11. The number of nitrogens with zero attached hydrogens (tertiary/aromatic N) is 2. The summed E-state index contributed by atoms with van der Waals surface area (Å²) in [4.78, 5) is 12.4. The van der Waals surface area contributed by atoms with Crippen LogP contribution in [0.3, 0.4) is 0 Å². The molecule has 7 heteroatoms. The van der Waals surface area contributed by atoms with Crippen LogP contribution in [0.5, 0.6) is 0 Å². The lowest BCUT2D eigenvalue weighted by molar-refractivity contribution is -0.116. The molecular weight excluding hydrogens is 360 g/mol. The molecule has 0 aliphatic rings. The van der Waals surface area contributed by atoms with Gasteiger partial charge in [0.15, 0.2) is 10.6 Å². The van der Waals surface area contributed by atoms with E-state index >= 15 is 0 Å². The normalized spacial score (nSPS) is 10.7. The number of nitrogens with one attached hydrogen (secondary N) is 2. The van der Waals surface area contributed by atoms with Crippen LogP contribution in [0.1, 0.15) is 17.5 Å². The summed E-state index contributed by atoms with van der Waals surface area (Å²) in [7, 11) is 1.64. The summed E-state index contributed by atoms with van der Waals surface area (Å²) >= 11 is 5.33. The number of carbonyl (C=O) groups excluding carboxylic acids is 1. The van der Waals surface area contributed by atoms with Crippen LogP contribution in [0.25, 0.3) is 11.4 Å². The first-order valence-electron chi connectivity index (χ1n) is 8.67. The molecule has 140 valence electrons. The molecule has 2 aromatic carbocycles. The molecule has 1 heterocycles. The second-order valence-corrected chi connectivity index (χ2v) is 6.69. The van der Waals surface area contributed by atoms with Crippen molar-refractivity contribution in [1.29, 1.82) is 0 Å². The number of aryl methyl sites for hydroxylation is 1. The van der Waals surface area contributed by atoms with Gasteiger partial charge in [-0.15, -0.1) is 0 Å². The van der Waals surface area contributed by atoms with Crippen LogP contribution in [0.2, 0.25) is 0 Å². The predicted molar refractivity (Wildman–Crippen MR) is 108 cm³/mol. The van der Waals surface area contributed by atoms with Crippen molar-refractivity contribution < 1.29 is 9.53 Å². The summed E-state index contributed by atoms with van der Waals surface area (Å²) in [5.41, 5.74) is 3.87. The Balaban J connectivity index is 1.68. The number of H-pyrrole nitrogens is 1. The number of hydrogen-bond acceptors (Lipinski definition) is 4. The number of rotatable bonds is 7. The number of aromatic amines is 1. The first-order valence-corrected chi connectivity index (χ1v) is 9.07. The molecule has 0 atom stereocenters. The number of hydrogen-bond donors (Lipinski definition) is 2. The maximum atomic E-state index is 12.4. The maximum absolute atomic E-state index is 12.4. The lowest BCUT2D eigenvalue weighted by atomic mass is 10.1. The number of benzene rings is 2. The summed E-state index contributed by atoms with van der Waals surface area (Å²) in [5, 5.41) is 10.1. The zero-order valence-corrected chi connectivity index (χ0v) is 16.2. The molecule has 0 unspecified atom stereocenters. The quantitative estimate of drug-likeness (QED) is 0.604. The summed E-state index contributed by atoms with van der Waals surface area (Å²) in [5.74, 6) is 0.654. The molecule has 27 heavy (non-hydrogen) atoms. The number of aromatic nitrogens is 3. The smallest absolute Gasteiger partial charge is 0.226 e. The van der Waals surface area contributed by atoms with Gasteiger partial charge in [-0.3, -0.25) is 14.5 Å². The van der Waals surface area contributed by atoms with Crippen LogP contribution in [0.15, 0.2) is 48.5 Å². The first kappa shape index (κ1) is 19.0. The molecule has 0 aliphatic heterocycles. The van der Waals surface area contributed by atoms with Gasteiger partial charge in [0, 0.05) is 31.3 Å². The molecule has 0 aliphatic carbocycles. The molecule has 0 spiro atoms. The third-order valence-electron chi connectivity index (χ3n) is 4.12. The fourth-order valence-electron chi connectivity index (χ4n) is 2.87. The Labute approximate surface area is 163 Å². The first-order chi connectivity index (χ1) is 13.1. The highest BCUT2D eigenvalue weighted by atomic mass is 32.1. The second kappa shape index (κ2) is 8.75. The van der Waals surface area contributed by atoms with E-state index in [9.17, 15) is 4.79 Å². The van der Waals surface area contributed by atoms with Crippen molar-refractivity contribution in [2.24, 2.45) is 0 Å². The Kier molecular flexibility index (Phi) is 6.16. The molecule has 2 N–H and O–H groups in total. The molecule has 0 saturated heterocycles. The van der Waals surface area contributed by atoms with Gasteiger partial charge in [-0.25, -0.2) is 0 Å². The molecule has 0 fully saturated rings. The summed E-state index contributed by atoms with van der Waals surface area (Å²) in [6.45, 7) is 2.98. The Morgan fingerprint density at radius 1 is 1.26 bits per heavy atom. The maximum Gasteiger partial charge on any atom is 0.226 e. The molecule has 1 aromatic heterocycles. The van der Waals surface area contributed by atoms with Gasteiger partial charge in [0.2, 0.25) is 5.91 Å². The SMILES string of the molecule is COCc1cccc(NC(=O)CCn2c(-c3cccc(C)c3)n[nH]c2=S)c1. The van der Waals surface area contributed by atoms with Gasteiger partial charge in [0.05, 0.1) is 6.61 Å². The van der Waals surface area contributed by atoms with Crippen LogP contribution >= 0.6 is 12.2 Å². The lowest BCUT2D eigenvalue weighted by Gasteiger charge is -2.09. The average Bonchev–Trinajstić information content (AvgIpc) is 3.01. The van der Waals surface area contributed by atoms with E-state index < -0.39 is 0 Å². The molecule has 0 bridgehead atoms. The predicted octanol–water partition coefficient (Wildman–Crippen LogP) is 4.09. The lowest BCUT2D eigenvalue weighted by Crippen LogP contribution is -2.15. The number of anilines is 1. The van der Waals surface area contributed by atoms with Crippen LogP contribution in [0, 0.1) is 11.7 Å². The summed E-state index contributed by atoms with van der Waals surface area (Å²) < 4.78 is 7.48. The fourth-order valence-corrected chi connectivity index (χ4v) is 3.10. The van der Waals surface area contributed by atoms with Crippen molar-refractivity contribution in [1.82, 2.24) is 14.8 Å². The molecule has 0 saturated carbocycles. The highest BCUT2D eigenvalue weighted by Crippen LogP contribution is 2.19. The highest BCUT2D eigenvalue weighted by molar-refractivity contribution is 7.71. The zero-order valence-electron chi connectivity index (χ0n) is 15.4. The fraction of sp³-hybridized carbons (Fsp3) is 0.250. The second-order valence-electron chi connectivity index (χ2n) is 6.31. The van der Waals surface area contributed by atoms with E-state index in [0.29, 0.717) is 24.3 Å². The van der Waals surface area contributed by atoms with Crippen molar-refractivity contribution in [3.8, 4) is 11.4 Å². The number of carbonyl (C=O) groups is 1. The van der Waals surface area contributed by atoms with Crippen LogP contribution in [0.4, 0.5) is 5.69 Å². The van der Waals surface area contributed by atoms with Crippen molar-refractivity contribution in [3.05, 3.63) is 64.4 Å². The Hall–Kier alpha value is -2.77. The van der Waals surface area contributed by atoms with E-state index in [1.165, 1.54) is 0 Å². The van der Waals surface area contributed by atoms with Gasteiger partial charge in [-0.1, -0.05) is 35.9 Å². The van der Waals surface area contributed by atoms with E-state index in [0.717, 1.165) is 28.2 Å². The summed E-state index contributed by atoms with van der Waals surface area (Å²) in [6, 6.07) is 15.7. The van der Waals surface area contributed by atoms with Crippen molar-refractivity contribution in [2.45, 2.75) is 26.5 Å². The molecule has 0 radical (unpaired) electrons. The van der Waals surface area contributed by atoms with Gasteiger partial charge in [-0.05, 0) is 42.9 Å². The van der Waals surface area contributed by atoms with Gasteiger partial charge in [0.1, 0.15) is 0 Å². The molecule has 3 rings (SSSR count). The van der Waals surface area contributed by atoms with E-state index in [4.69, 9.17) is 17.0 Å². The van der Waals surface area contributed by atoms with Crippen molar-refractivity contribution >= 4 is 23.8 Å². The topological polar surface area (TPSA) is 71.9 Å². The average molecular weight is 382 g/mol. The molecular formula is C20H22N4O2S.